The number of rotatable bonds is 6. The van der Waals surface area contributed by atoms with Crippen LogP contribution in [-0.2, 0) is 0 Å². The molecular formula is C23H30F3N5O2. The first-order chi connectivity index (χ1) is 15.3. The summed E-state index contributed by atoms with van der Waals surface area (Å²) in [5, 5.41) is 14.8. The molecule has 0 unspecified atom stereocenters. The molecule has 6 N–H and O–H groups in total. The third kappa shape index (κ3) is 8.13. The molecule has 1 heterocycles. The van der Waals surface area contributed by atoms with Crippen molar-refractivity contribution in [3.63, 3.8) is 0 Å². The highest BCUT2D eigenvalue weighted by molar-refractivity contribution is 6.11. The maximum absolute atomic E-state index is 12.4. The standard InChI is InChI=1S/C16H14F3N5O2.C7H16/c17-16(18,19)26-11-3-1-10(2-4-11)24-8-13(9(5-20)6-21)12(7-22)14(23)15(24)25;1-5-6-7(2,3)4/h1-8,20,22H,21,23H2;5-6H2,1-4H3/b9-6+,20-5?,22-7?;. The maximum atomic E-state index is 12.4. The van der Waals surface area contributed by atoms with Crippen LogP contribution in [0.4, 0.5) is 18.9 Å². The average molecular weight is 466 g/mol. The number of hydrogen-bond donors (Lipinski definition) is 4. The number of benzene rings is 1. The van der Waals surface area contributed by atoms with Gasteiger partial charge < -0.3 is 27.0 Å². The second-order valence-corrected chi connectivity index (χ2v) is 8.31. The Bertz CT molecular complexity index is 1050. The normalized spacial score (nSPS) is 11.9. The van der Waals surface area contributed by atoms with Gasteiger partial charge in [0, 0.05) is 47.2 Å². The van der Waals surface area contributed by atoms with Gasteiger partial charge in [-0.15, -0.1) is 13.2 Å². The van der Waals surface area contributed by atoms with Gasteiger partial charge in [0.05, 0.1) is 0 Å². The van der Waals surface area contributed by atoms with Crippen molar-refractivity contribution in [3.05, 3.63) is 58.1 Å². The molecule has 0 amide bonds. The van der Waals surface area contributed by atoms with E-state index >= 15 is 0 Å². The summed E-state index contributed by atoms with van der Waals surface area (Å²) in [6, 6.07) is 4.58. The van der Waals surface area contributed by atoms with Crippen LogP contribution in [0.2, 0.25) is 0 Å². The van der Waals surface area contributed by atoms with Crippen molar-refractivity contribution >= 4 is 23.7 Å². The van der Waals surface area contributed by atoms with Crippen molar-refractivity contribution in [2.45, 2.75) is 46.9 Å². The van der Waals surface area contributed by atoms with Crippen LogP contribution in [0.5, 0.6) is 5.75 Å². The Morgan fingerprint density at radius 1 is 1.15 bits per heavy atom. The van der Waals surface area contributed by atoms with Gasteiger partial charge in [-0.05, 0) is 36.1 Å². The lowest BCUT2D eigenvalue weighted by molar-refractivity contribution is -0.274. The number of pyridine rings is 1. The number of aromatic nitrogens is 1. The molecule has 1 aromatic heterocycles. The summed E-state index contributed by atoms with van der Waals surface area (Å²) in [4.78, 5) is 12.4. The number of anilines is 1. The van der Waals surface area contributed by atoms with Gasteiger partial charge >= 0.3 is 6.36 Å². The largest absolute Gasteiger partial charge is 0.573 e. The van der Waals surface area contributed by atoms with Crippen LogP contribution in [0.1, 0.15) is 51.7 Å². The van der Waals surface area contributed by atoms with Crippen LogP contribution in [-0.4, -0.2) is 23.4 Å². The van der Waals surface area contributed by atoms with Crippen LogP contribution in [0.15, 0.2) is 41.5 Å². The highest BCUT2D eigenvalue weighted by Crippen LogP contribution is 2.25. The second kappa shape index (κ2) is 11.3. The van der Waals surface area contributed by atoms with Crippen molar-refractivity contribution in [2.75, 3.05) is 5.73 Å². The molecule has 2 aromatic rings. The summed E-state index contributed by atoms with van der Waals surface area (Å²) in [6.45, 7) is 9.05. The van der Waals surface area contributed by atoms with Gasteiger partial charge in [0.2, 0.25) is 0 Å². The molecule has 0 saturated heterocycles. The van der Waals surface area contributed by atoms with E-state index in [1.165, 1.54) is 31.2 Å². The number of allylic oxidation sites excluding steroid dienone is 1. The monoisotopic (exact) mass is 465 g/mol. The molecule has 0 fully saturated rings. The van der Waals surface area contributed by atoms with Crippen LogP contribution in [0, 0.1) is 16.2 Å². The number of ether oxygens (including phenoxy) is 1. The minimum absolute atomic E-state index is 0.0866. The molecular weight excluding hydrogens is 435 g/mol. The van der Waals surface area contributed by atoms with Crippen molar-refractivity contribution in [1.82, 2.24) is 4.57 Å². The third-order valence-corrected chi connectivity index (χ3v) is 4.43. The number of halogens is 3. The fraction of sp³-hybridized carbons (Fsp3) is 0.348. The summed E-state index contributed by atoms with van der Waals surface area (Å²) in [5.74, 6) is -0.444. The Morgan fingerprint density at radius 2 is 1.73 bits per heavy atom. The fourth-order valence-electron chi connectivity index (χ4n) is 3.00. The van der Waals surface area contributed by atoms with Gasteiger partial charge in [0.25, 0.3) is 5.56 Å². The van der Waals surface area contributed by atoms with E-state index < -0.39 is 17.7 Å². The van der Waals surface area contributed by atoms with Gasteiger partial charge in [-0.2, -0.15) is 0 Å². The summed E-state index contributed by atoms with van der Waals surface area (Å²) in [6.07, 6.45) is 2.04. The number of alkyl halides is 3. The van der Waals surface area contributed by atoms with Crippen molar-refractivity contribution in [1.29, 1.82) is 10.8 Å². The van der Waals surface area contributed by atoms with E-state index in [2.05, 4.69) is 32.4 Å². The van der Waals surface area contributed by atoms with Gasteiger partial charge in [-0.3, -0.25) is 9.36 Å². The maximum Gasteiger partial charge on any atom is 0.573 e. The minimum Gasteiger partial charge on any atom is -0.406 e. The van der Waals surface area contributed by atoms with Crippen LogP contribution in [0.25, 0.3) is 11.3 Å². The summed E-state index contributed by atoms with van der Waals surface area (Å²) >= 11 is 0. The Balaban J connectivity index is 0.000000675. The van der Waals surface area contributed by atoms with E-state index in [0.717, 1.165) is 35.3 Å². The molecule has 1 aromatic carbocycles. The Labute approximate surface area is 190 Å². The van der Waals surface area contributed by atoms with Gasteiger partial charge in [-0.25, -0.2) is 0 Å². The molecule has 7 nitrogen and oxygen atoms in total. The van der Waals surface area contributed by atoms with E-state index in [1.54, 1.807) is 0 Å². The molecule has 33 heavy (non-hydrogen) atoms. The topological polar surface area (TPSA) is 131 Å². The van der Waals surface area contributed by atoms with E-state index in [9.17, 15) is 18.0 Å². The highest BCUT2D eigenvalue weighted by Gasteiger charge is 2.31. The van der Waals surface area contributed by atoms with Crippen LogP contribution >= 0.6 is 0 Å². The van der Waals surface area contributed by atoms with Crippen LogP contribution in [0.3, 0.4) is 0 Å². The van der Waals surface area contributed by atoms with E-state index in [-0.39, 0.29) is 28.1 Å². The minimum atomic E-state index is -4.83. The van der Waals surface area contributed by atoms with Crippen molar-refractivity contribution < 1.29 is 17.9 Å². The lowest BCUT2D eigenvalue weighted by Gasteiger charge is -2.15. The molecule has 0 bridgehead atoms. The molecule has 10 heteroatoms. The Hall–Kier alpha value is -3.56. The zero-order chi connectivity index (χ0) is 25.4. The van der Waals surface area contributed by atoms with Gasteiger partial charge in [-0.1, -0.05) is 34.1 Å². The molecule has 0 aliphatic carbocycles. The molecule has 0 aliphatic rings. The van der Waals surface area contributed by atoms with Gasteiger partial charge in [0.15, 0.2) is 0 Å². The number of nitrogens with two attached hydrogens (primary N) is 2. The molecule has 2 rings (SSSR count). The average Bonchev–Trinajstić information content (AvgIpc) is 2.70. The molecule has 0 saturated carbocycles. The molecule has 0 aliphatic heterocycles. The number of hydrogen-bond acceptors (Lipinski definition) is 6. The quantitative estimate of drug-likeness (QED) is 0.442. The fourth-order valence-corrected chi connectivity index (χ4v) is 3.00. The van der Waals surface area contributed by atoms with E-state index in [1.807, 2.05) is 0 Å². The lowest BCUT2D eigenvalue weighted by Crippen LogP contribution is -2.24. The lowest BCUT2D eigenvalue weighted by atomic mass is 9.91. The second-order valence-electron chi connectivity index (χ2n) is 8.31. The predicted octanol–water partition coefficient (Wildman–Crippen LogP) is 5.10. The van der Waals surface area contributed by atoms with E-state index in [4.69, 9.17) is 22.3 Å². The zero-order valence-electron chi connectivity index (χ0n) is 19.1. The summed E-state index contributed by atoms with van der Waals surface area (Å²) < 4.78 is 41.6. The van der Waals surface area contributed by atoms with Crippen molar-refractivity contribution in [2.24, 2.45) is 11.1 Å². The van der Waals surface area contributed by atoms with Crippen molar-refractivity contribution in [3.8, 4) is 11.4 Å². The zero-order valence-corrected chi connectivity index (χ0v) is 19.1. The summed E-state index contributed by atoms with van der Waals surface area (Å²) in [5.41, 5.74) is 11.6. The SMILES string of the molecule is CCCC(C)(C)C.N=C/C(=C\N)c1cn(-c2ccc(OC(F)(F)F)cc2)c(=O)c(N)c1C=N. The molecule has 0 radical (unpaired) electrons. The van der Waals surface area contributed by atoms with Crippen LogP contribution < -0.4 is 21.8 Å². The smallest absolute Gasteiger partial charge is 0.406 e. The Kier molecular flexibility index (Phi) is 9.45. The van der Waals surface area contributed by atoms with Gasteiger partial charge in [0.1, 0.15) is 11.4 Å². The van der Waals surface area contributed by atoms with E-state index in [0.29, 0.717) is 5.41 Å². The predicted molar refractivity (Wildman–Crippen MR) is 126 cm³/mol. The summed E-state index contributed by atoms with van der Waals surface area (Å²) in [7, 11) is 0. The number of nitrogens with one attached hydrogen (secondary N) is 2. The Morgan fingerprint density at radius 3 is 2.09 bits per heavy atom. The highest BCUT2D eigenvalue weighted by atomic mass is 19.4. The number of nitrogen functional groups attached to an aromatic ring is 1. The number of nitrogens with zero attached hydrogens (tertiary/aromatic N) is 1. The first kappa shape index (κ1) is 27.5. The molecule has 0 atom stereocenters. The molecule has 0 spiro atoms. The third-order valence-electron chi connectivity index (χ3n) is 4.43. The molecule has 180 valence electrons. The first-order valence-corrected chi connectivity index (χ1v) is 10.1. The first-order valence-electron chi connectivity index (χ1n) is 10.1.